The fourth-order valence-corrected chi connectivity index (χ4v) is 2.97. The minimum Gasteiger partial charge on any atom is -0.352 e. The molecule has 1 atom stereocenters. The minimum absolute atomic E-state index is 0. The lowest BCUT2D eigenvalue weighted by atomic mass is 10.1. The maximum atomic E-state index is 13.8. The number of hydrogen-bond donors (Lipinski definition) is 2. The van der Waals surface area contributed by atoms with Crippen LogP contribution in [0.15, 0.2) is 65.9 Å². The van der Waals surface area contributed by atoms with E-state index >= 15 is 0 Å². The molecule has 1 aromatic heterocycles. The van der Waals surface area contributed by atoms with Crippen molar-refractivity contribution in [1.29, 1.82) is 0 Å². The summed E-state index contributed by atoms with van der Waals surface area (Å²) in [4.78, 5) is 4.28. The third-order valence-corrected chi connectivity index (χ3v) is 4.63. The molecule has 0 radical (unpaired) electrons. The van der Waals surface area contributed by atoms with Crippen molar-refractivity contribution >= 4 is 29.9 Å². The van der Waals surface area contributed by atoms with Gasteiger partial charge in [0.15, 0.2) is 5.96 Å². The van der Waals surface area contributed by atoms with E-state index in [1.54, 1.807) is 32.3 Å². The first-order valence-corrected chi connectivity index (χ1v) is 9.33. The molecular formula is C22H27FIN5. The lowest BCUT2D eigenvalue weighted by Gasteiger charge is -2.19. The Kier molecular flexibility index (Phi) is 8.63. The van der Waals surface area contributed by atoms with E-state index in [0.29, 0.717) is 18.1 Å². The highest BCUT2D eigenvalue weighted by molar-refractivity contribution is 14.0. The molecule has 3 rings (SSSR count). The van der Waals surface area contributed by atoms with Gasteiger partial charge in [0.2, 0.25) is 0 Å². The second-order valence-corrected chi connectivity index (χ2v) is 6.82. The van der Waals surface area contributed by atoms with Crippen molar-refractivity contribution < 1.29 is 4.39 Å². The van der Waals surface area contributed by atoms with Crippen LogP contribution in [0.3, 0.4) is 0 Å². The van der Waals surface area contributed by atoms with Gasteiger partial charge in [-0.2, -0.15) is 5.10 Å². The summed E-state index contributed by atoms with van der Waals surface area (Å²) in [6.07, 6.45) is 3.73. The summed E-state index contributed by atoms with van der Waals surface area (Å²) < 4.78 is 15.7. The predicted octanol–water partition coefficient (Wildman–Crippen LogP) is 4.42. The van der Waals surface area contributed by atoms with Crippen molar-refractivity contribution in [2.24, 2.45) is 4.99 Å². The van der Waals surface area contributed by atoms with E-state index in [-0.39, 0.29) is 35.8 Å². The van der Waals surface area contributed by atoms with Crippen molar-refractivity contribution in [3.05, 3.63) is 89.0 Å². The third kappa shape index (κ3) is 6.56. The van der Waals surface area contributed by atoms with Crippen LogP contribution in [0.4, 0.5) is 4.39 Å². The van der Waals surface area contributed by atoms with E-state index in [9.17, 15) is 4.39 Å². The Morgan fingerprint density at radius 1 is 1.17 bits per heavy atom. The highest BCUT2D eigenvalue weighted by Crippen LogP contribution is 2.16. The van der Waals surface area contributed by atoms with Crippen molar-refractivity contribution in [3.8, 4) is 0 Å². The van der Waals surface area contributed by atoms with Crippen molar-refractivity contribution in [3.63, 3.8) is 0 Å². The molecule has 1 unspecified atom stereocenters. The highest BCUT2D eigenvalue weighted by atomic mass is 127. The maximum Gasteiger partial charge on any atom is 0.191 e. The van der Waals surface area contributed by atoms with Crippen LogP contribution in [-0.4, -0.2) is 22.8 Å². The number of halogens is 2. The van der Waals surface area contributed by atoms with Gasteiger partial charge < -0.3 is 10.6 Å². The quantitative estimate of drug-likeness (QED) is 0.295. The largest absolute Gasteiger partial charge is 0.352 e. The molecule has 0 spiro atoms. The second-order valence-electron chi connectivity index (χ2n) is 6.82. The van der Waals surface area contributed by atoms with Crippen LogP contribution in [0.2, 0.25) is 0 Å². The van der Waals surface area contributed by atoms with Gasteiger partial charge in [0, 0.05) is 26.0 Å². The Hall–Kier alpha value is -2.42. The minimum atomic E-state index is -0.192. The van der Waals surface area contributed by atoms with Crippen molar-refractivity contribution in [2.75, 3.05) is 7.05 Å². The third-order valence-electron chi connectivity index (χ3n) is 4.63. The molecule has 5 nitrogen and oxygen atoms in total. The molecule has 154 valence electrons. The van der Waals surface area contributed by atoms with Gasteiger partial charge in [-0.25, -0.2) is 4.39 Å². The number of aryl methyl sites for hydroxylation is 1. The monoisotopic (exact) mass is 507 g/mol. The number of guanidine groups is 1. The van der Waals surface area contributed by atoms with E-state index < -0.39 is 0 Å². The van der Waals surface area contributed by atoms with Gasteiger partial charge in [-0.1, -0.05) is 36.4 Å². The second kappa shape index (κ2) is 10.9. The first kappa shape index (κ1) is 22.9. The number of aliphatic imine (C=N–C) groups is 1. The Labute approximate surface area is 188 Å². The molecule has 1 heterocycles. The predicted molar refractivity (Wildman–Crippen MR) is 126 cm³/mol. The Bertz CT molecular complexity index is 940. The first-order chi connectivity index (χ1) is 13.5. The van der Waals surface area contributed by atoms with Crippen molar-refractivity contribution in [2.45, 2.75) is 33.0 Å². The fraction of sp³-hybridized carbons (Fsp3) is 0.273. The average molecular weight is 507 g/mol. The lowest BCUT2D eigenvalue weighted by Crippen LogP contribution is -2.38. The highest BCUT2D eigenvalue weighted by Gasteiger charge is 2.10. The van der Waals surface area contributed by atoms with Gasteiger partial charge in [-0.05, 0) is 48.2 Å². The molecule has 0 saturated carbocycles. The summed E-state index contributed by atoms with van der Waals surface area (Å²) in [6, 6.07) is 15.5. The standard InChI is InChI=1S/C22H26FN5.HI/c1-16-8-9-20(13-21(16)23)17(2)27-22(24-3)25-14-18-6-4-7-19(12-18)15-28-11-5-10-26-28;/h4-13,17H,14-15H2,1-3H3,(H2,24,25,27);1H. The molecule has 0 bridgehead atoms. The van der Waals surface area contributed by atoms with Gasteiger partial charge in [0.25, 0.3) is 0 Å². The molecule has 0 fully saturated rings. The van der Waals surface area contributed by atoms with Gasteiger partial charge in [0.1, 0.15) is 5.82 Å². The maximum absolute atomic E-state index is 13.8. The Morgan fingerprint density at radius 3 is 2.66 bits per heavy atom. The number of hydrogen-bond acceptors (Lipinski definition) is 2. The summed E-state index contributed by atoms with van der Waals surface area (Å²) in [7, 11) is 1.73. The van der Waals surface area contributed by atoms with Crippen LogP contribution in [0, 0.1) is 12.7 Å². The molecule has 0 amide bonds. The van der Waals surface area contributed by atoms with Gasteiger partial charge in [-0.15, -0.1) is 24.0 Å². The zero-order chi connectivity index (χ0) is 19.9. The molecule has 0 aliphatic carbocycles. The van der Waals surface area contributed by atoms with E-state index in [1.807, 2.05) is 36.0 Å². The van der Waals surface area contributed by atoms with Crippen LogP contribution in [0.5, 0.6) is 0 Å². The molecule has 29 heavy (non-hydrogen) atoms. The SMILES string of the molecule is CN=C(NCc1cccc(Cn2cccn2)c1)NC(C)c1ccc(C)c(F)c1.I. The average Bonchev–Trinajstić information content (AvgIpc) is 3.20. The topological polar surface area (TPSA) is 54.2 Å². The first-order valence-electron chi connectivity index (χ1n) is 9.33. The molecule has 0 aliphatic heterocycles. The normalized spacial score (nSPS) is 12.2. The summed E-state index contributed by atoms with van der Waals surface area (Å²) in [6.45, 7) is 5.13. The number of nitrogens with one attached hydrogen (secondary N) is 2. The Morgan fingerprint density at radius 2 is 1.97 bits per heavy atom. The van der Waals surface area contributed by atoms with E-state index in [1.165, 1.54) is 5.56 Å². The van der Waals surface area contributed by atoms with Crippen LogP contribution >= 0.6 is 24.0 Å². The number of nitrogens with zero attached hydrogens (tertiary/aromatic N) is 3. The van der Waals surface area contributed by atoms with E-state index in [0.717, 1.165) is 17.7 Å². The van der Waals surface area contributed by atoms with Gasteiger partial charge in [-0.3, -0.25) is 9.67 Å². The smallest absolute Gasteiger partial charge is 0.191 e. The molecular weight excluding hydrogens is 480 g/mol. The van der Waals surface area contributed by atoms with Crippen LogP contribution in [0.25, 0.3) is 0 Å². The molecule has 0 saturated heterocycles. The zero-order valence-corrected chi connectivity index (χ0v) is 19.2. The summed E-state index contributed by atoms with van der Waals surface area (Å²) in [5.74, 6) is 0.481. The summed E-state index contributed by atoms with van der Waals surface area (Å²) in [5.41, 5.74) is 3.87. The van der Waals surface area contributed by atoms with Crippen LogP contribution in [0.1, 0.15) is 35.2 Å². The van der Waals surface area contributed by atoms with Crippen LogP contribution in [-0.2, 0) is 13.1 Å². The molecule has 0 aliphatic rings. The van der Waals surface area contributed by atoms with Crippen molar-refractivity contribution in [1.82, 2.24) is 20.4 Å². The van der Waals surface area contributed by atoms with Gasteiger partial charge >= 0.3 is 0 Å². The van der Waals surface area contributed by atoms with E-state index in [2.05, 4.69) is 38.9 Å². The lowest BCUT2D eigenvalue weighted by molar-refractivity contribution is 0.607. The number of benzene rings is 2. The Balaban J connectivity index is 0.00000300. The number of aromatic nitrogens is 2. The molecule has 2 aromatic carbocycles. The summed E-state index contributed by atoms with van der Waals surface area (Å²) in [5, 5.41) is 10.9. The molecule has 3 aromatic rings. The van der Waals surface area contributed by atoms with E-state index in [4.69, 9.17) is 0 Å². The summed E-state index contributed by atoms with van der Waals surface area (Å²) >= 11 is 0. The molecule has 2 N–H and O–H groups in total. The van der Waals surface area contributed by atoms with Gasteiger partial charge in [0.05, 0.1) is 12.6 Å². The molecule has 7 heteroatoms. The fourth-order valence-electron chi connectivity index (χ4n) is 2.97. The number of rotatable bonds is 6. The zero-order valence-electron chi connectivity index (χ0n) is 16.9. The van der Waals surface area contributed by atoms with Crippen LogP contribution < -0.4 is 10.6 Å².